The fraction of sp³-hybridized carbons (Fsp3) is 0.800. The van der Waals surface area contributed by atoms with Crippen molar-refractivity contribution in [2.75, 3.05) is 33.3 Å². The first kappa shape index (κ1) is 13.8. The molecule has 0 saturated heterocycles. The third-order valence-corrected chi connectivity index (χ3v) is 12.3. The van der Waals surface area contributed by atoms with Gasteiger partial charge in [0, 0.05) is 0 Å². The van der Waals surface area contributed by atoms with Crippen LogP contribution in [-0.2, 0) is 0 Å². The Labute approximate surface area is 86.1 Å². The quantitative estimate of drug-likeness (QED) is 0.507. The third kappa shape index (κ3) is 9.13. The van der Waals surface area contributed by atoms with E-state index in [9.17, 15) is 0 Å². The second-order valence-electron chi connectivity index (χ2n) is 6.36. The SMILES string of the molecule is C[Si](C)(C)C=P(C)(C)C=P(C)(C)C. The maximum absolute atomic E-state index is 2.70. The zero-order chi connectivity index (χ0) is 10.9. The molecule has 0 saturated carbocycles. The molecule has 0 amide bonds. The monoisotopic (exact) mass is 236 g/mol. The summed E-state index contributed by atoms with van der Waals surface area (Å²) in [6, 6.07) is 0. The maximum atomic E-state index is 2.70. The normalized spacial score (nSPS) is 14.2. The summed E-state index contributed by atoms with van der Waals surface area (Å²) in [5.41, 5.74) is 5.38. The van der Waals surface area contributed by atoms with E-state index in [0.717, 1.165) is 0 Å². The molecule has 0 aromatic rings. The molecule has 0 aliphatic carbocycles. The number of hydrogen-bond donors (Lipinski definition) is 0. The molecule has 0 aliphatic rings. The van der Waals surface area contributed by atoms with Crippen LogP contribution < -0.4 is 0 Å². The van der Waals surface area contributed by atoms with E-state index in [1.807, 2.05) is 0 Å². The topological polar surface area (TPSA) is 0 Å². The highest BCUT2D eigenvalue weighted by Crippen LogP contribution is 2.46. The van der Waals surface area contributed by atoms with E-state index in [1.165, 1.54) is 0 Å². The van der Waals surface area contributed by atoms with Gasteiger partial charge in [0.15, 0.2) is 0 Å². The Balaban J connectivity index is 5.12. The van der Waals surface area contributed by atoms with Crippen molar-refractivity contribution in [2.45, 2.75) is 19.6 Å². The fourth-order valence-electron chi connectivity index (χ4n) is 1.92. The summed E-state index contributed by atoms with van der Waals surface area (Å²) in [7, 11) is -0.981. The van der Waals surface area contributed by atoms with E-state index in [0.29, 0.717) is 0 Å². The van der Waals surface area contributed by atoms with E-state index in [4.69, 9.17) is 0 Å². The maximum Gasteiger partial charge on any atom is 0.0691 e. The Morgan fingerprint density at radius 1 is 0.846 bits per heavy atom. The molecule has 0 radical (unpaired) electrons. The van der Waals surface area contributed by atoms with Crippen LogP contribution in [0.15, 0.2) is 0 Å². The van der Waals surface area contributed by atoms with Gasteiger partial charge in [0.25, 0.3) is 0 Å². The van der Waals surface area contributed by atoms with Crippen molar-refractivity contribution in [2.24, 2.45) is 0 Å². The average Bonchev–Trinajstić information content (AvgIpc) is 1.43. The molecule has 0 heterocycles. The molecule has 0 aromatic carbocycles. The van der Waals surface area contributed by atoms with Crippen LogP contribution in [0.5, 0.6) is 0 Å². The summed E-state index contributed by atoms with van der Waals surface area (Å²) < 4.78 is 0. The predicted molar refractivity (Wildman–Crippen MR) is 78.9 cm³/mol. The van der Waals surface area contributed by atoms with Crippen LogP contribution in [0, 0.1) is 0 Å². The molecule has 3 heteroatoms. The van der Waals surface area contributed by atoms with Crippen LogP contribution in [0.3, 0.4) is 0 Å². The minimum Gasteiger partial charge on any atom is -0.113 e. The molecule has 0 spiro atoms. The van der Waals surface area contributed by atoms with Gasteiger partial charge in [-0.1, -0.05) is 37.5 Å². The Kier molecular flexibility index (Phi) is 4.39. The second-order valence-corrected chi connectivity index (χ2v) is 20.5. The Morgan fingerprint density at radius 2 is 1.23 bits per heavy atom. The van der Waals surface area contributed by atoms with Gasteiger partial charge in [0.05, 0.1) is 8.07 Å². The molecule has 0 unspecified atom stereocenters. The molecule has 0 rings (SSSR count). The van der Waals surface area contributed by atoms with Crippen LogP contribution in [0.4, 0.5) is 0 Å². The van der Waals surface area contributed by atoms with E-state index in [2.05, 4.69) is 63.9 Å². The zero-order valence-corrected chi connectivity index (χ0v) is 13.3. The highest BCUT2D eigenvalue weighted by atomic mass is 31.2. The summed E-state index contributed by atoms with van der Waals surface area (Å²) in [6.07, 6.45) is 0. The van der Waals surface area contributed by atoms with Crippen molar-refractivity contribution >= 4 is 32.8 Å². The van der Waals surface area contributed by atoms with Crippen LogP contribution in [0.2, 0.25) is 19.6 Å². The van der Waals surface area contributed by atoms with Crippen molar-refractivity contribution < 1.29 is 0 Å². The van der Waals surface area contributed by atoms with Gasteiger partial charge < -0.3 is 0 Å². The molecule has 80 valence electrons. The molecule has 0 N–H and O–H groups in total. The van der Waals surface area contributed by atoms with Crippen molar-refractivity contribution in [3.63, 3.8) is 0 Å². The molecule has 0 bridgehead atoms. The molecule has 13 heavy (non-hydrogen) atoms. The summed E-state index contributed by atoms with van der Waals surface area (Å²) in [5, 5.41) is 0. The lowest BCUT2D eigenvalue weighted by atomic mass is 11.7. The summed E-state index contributed by atoms with van der Waals surface area (Å²) in [6.45, 7) is 17.9. The van der Waals surface area contributed by atoms with Crippen molar-refractivity contribution in [3.8, 4) is 0 Å². The number of hydrogen-bond acceptors (Lipinski definition) is 0. The smallest absolute Gasteiger partial charge is 0.0691 e. The van der Waals surface area contributed by atoms with E-state index < -0.39 is 21.8 Å². The standard InChI is InChI=1S/C10H26P2Si/c1-11(2,3)9-12(4,5)10-13(6,7)8/h9-10H,1-8H3. The third-order valence-electron chi connectivity index (χ3n) is 1.36. The van der Waals surface area contributed by atoms with Crippen LogP contribution >= 0.6 is 13.8 Å². The fourth-order valence-corrected chi connectivity index (χ4v) is 17.9. The van der Waals surface area contributed by atoms with Gasteiger partial charge in [0.2, 0.25) is 0 Å². The highest BCUT2D eigenvalue weighted by molar-refractivity contribution is 8.01. The van der Waals surface area contributed by atoms with Crippen molar-refractivity contribution in [1.29, 1.82) is 0 Å². The molecule has 0 fully saturated rings. The van der Waals surface area contributed by atoms with E-state index in [-0.39, 0.29) is 0 Å². The minimum absolute atomic E-state index is 0.708. The van der Waals surface area contributed by atoms with Crippen LogP contribution in [0.1, 0.15) is 0 Å². The van der Waals surface area contributed by atoms with Crippen molar-refractivity contribution in [3.05, 3.63) is 0 Å². The number of rotatable bonds is 2. The van der Waals surface area contributed by atoms with Crippen LogP contribution in [-0.4, -0.2) is 52.4 Å². The van der Waals surface area contributed by atoms with Gasteiger partial charge >= 0.3 is 0 Å². The average molecular weight is 236 g/mol. The van der Waals surface area contributed by atoms with Crippen molar-refractivity contribution in [1.82, 2.24) is 0 Å². The summed E-state index contributed by atoms with van der Waals surface area (Å²) in [5.74, 6) is 0. The van der Waals surface area contributed by atoms with Gasteiger partial charge in [-0.2, -0.15) is 0 Å². The first-order valence-corrected chi connectivity index (χ1v) is 14.4. The lowest BCUT2D eigenvalue weighted by Crippen LogP contribution is -2.23. The van der Waals surface area contributed by atoms with Gasteiger partial charge in [-0.3, -0.25) is 0 Å². The predicted octanol–water partition coefficient (Wildman–Crippen LogP) is 3.61. The van der Waals surface area contributed by atoms with Gasteiger partial charge in [0.1, 0.15) is 0 Å². The Bertz CT molecular complexity index is 262. The Hall–Kier alpha value is 0.817. The highest BCUT2D eigenvalue weighted by Gasteiger charge is 2.13. The largest absolute Gasteiger partial charge is 0.113 e. The Morgan fingerprint density at radius 3 is 1.46 bits per heavy atom. The van der Waals surface area contributed by atoms with E-state index >= 15 is 0 Å². The van der Waals surface area contributed by atoms with E-state index in [1.54, 1.807) is 0 Å². The summed E-state index contributed by atoms with van der Waals surface area (Å²) >= 11 is 0. The van der Waals surface area contributed by atoms with Gasteiger partial charge in [-0.05, 0) is 33.3 Å². The second kappa shape index (κ2) is 4.13. The van der Waals surface area contributed by atoms with Crippen LogP contribution in [0.25, 0.3) is 0 Å². The molecule has 0 atom stereocenters. The lowest BCUT2D eigenvalue weighted by molar-refractivity contribution is 1.85. The lowest BCUT2D eigenvalue weighted by Gasteiger charge is -2.21. The van der Waals surface area contributed by atoms with Gasteiger partial charge in [-0.25, -0.2) is 0 Å². The van der Waals surface area contributed by atoms with Gasteiger partial charge in [-0.15, -0.1) is 6.89 Å². The minimum atomic E-state index is -0.981. The zero-order valence-electron chi connectivity index (χ0n) is 10.5. The summed E-state index contributed by atoms with van der Waals surface area (Å²) in [4.78, 5) is 0. The molecule has 0 aromatic heterocycles. The first-order chi connectivity index (χ1) is 5.41. The molecule has 0 aliphatic heterocycles. The molecular formula is C10H26P2Si. The molecule has 0 nitrogen and oxygen atoms in total. The first-order valence-electron chi connectivity index (χ1n) is 4.80. The molecular weight excluding hydrogens is 210 g/mol.